The lowest BCUT2D eigenvalue weighted by atomic mass is 9.92. The number of nitrogens with zero attached hydrogens (tertiary/aromatic N) is 1. The van der Waals surface area contributed by atoms with E-state index in [2.05, 4.69) is 15.1 Å². The van der Waals surface area contributed by atoms with Gasteiger partial charge in [0.05, 0.1) is 21.8 Å². The number of aryl methyl sites for hydroxylation is 1. The van der Waals surface area contributed by atoms with Crippen LogP contribution in [-0.4, -0.2) is 48.7 Å². The van der Waals surface area contributed by atoms with Crippen LogP contribution in [0.1, 0.15) is 28.9 Å². The first-order chi connectivity index (χ1) is 14.6. The Kier molecular flexibility index (Phi) is 5.50. The smallest absolute Gasteiger partial charge is 0.367 e. The molecule has 1 aromatic heterocycles. The average molecular weight is 463 g/mol. The summed E-state index contributed by atoms with van der Waals surface area (Å²) in [6.07, 6.45) is -3.35. The van der Waals surface area contributed by atoms with E-state index in [0.717, 1.165) is 25.5 Å². The predicted octanol–water partition coefficient (Wildman–Crippen LogP) is 3.21. The fourth-order valence-electron chi connectivity index (χ4n) is 4.34. The molecule has 2 saturated heterocycles. The fourth-order valence-corrected chi connectivity index (χ4v) is 4.57. The standard InChI is InChI=1S/C19H19ClF4N4O3/c1-8-14(20)13-15(26-8)10(17(29)27-31-18(30)19(22,23)24)6-11(21)16(13)28-5-3-9-2-4-25-12(9)7-28/h6,9,12,25-26H,2-5,7H2,1H3,(H,27,29). The van der Waals surface area contributed by atoms with Crippen molar-refractivity contribution in [3.8, 4) is 0 Å². The summed E-state index contributed by atoms with van der Waals surface area (Å²) in [5, 5.41) is 3.86. The van der Waals surface area contributed by atoms with Crippen LogP contribution in [-0.2, 0) is 9.63 Å². The second kappa shape index (κ2) is 7.86. The summed E-state index contributed by atoms with van der Waals surface area (Å²) in [7, 11) is 0. The maximum absolute atomic E-state index is 15.2. The molecule has 0 aliphatic carbocycles. The number of anilines is 1. The van der Waals surface area contributed by atoms with Gasteiger partial charge in [-0.1, -0.05) is 11.6 Å². The van der Waals surface area contributed by atoms with Crippen molar-refractivity contribution in [1.82, 2.24) is 15.8 Å². The molecule has 2 fully saturated rings. The Balaban J connectivity index is 1.70. The lowest BCUT2D eigenvalue weighted by molar-refractivity contribution is -0.204. The van der Waals surface area contributed by atoms with Crippen molar-refractivity contribution >= 4 is 40.1 Å². The number of aromatic amines is 1. The zero-order chi connectivity index (χ0) is 22.5. The number of alkyl halides is 3. The third kappa shape index (κ3) is 3.91. The van der Waals surface area contributed by atoms with Gasteiger partial charge in [0.2, 0.25) is 0 Å². The van der Waals surface area contributed by atoms with Gasteiger partial charge in [-0.2, -0.15) is 18.7 Å². The summed E-state index contributed by atoms with van der Waals surface area (Å²) in [6.45, 7) is 3.69. The summed E-state index contributed by atoms with van der Waals surface area (Å²) < 4.78 is 52.2. The number of carbonyl (C=O) groups is 2. The Bertz CT molecular complexity index is 1060. The Morgan fingerprint density at radius 2 is 2.06 bits per heavy atom. The third-order valence-corrected chi connectivity index (χ3v) is 6.29. The Hall–Kier alpha value is -2.53. The lowest BCUT2D eigenvalue weighted by Crippen LogP contribution is -2.46. The molecule has 168 valence electrons. The topological polar surface area (TPSA) is 86.5 Å². The number of fused-ring (bicyclic) bond motifs is 2. The Labute approximate surface area is 179 Å². The van der Waals surface area contributed by atoms with Crippen molar-refractivity contribution in [1.29, 1.82) is 0 Å². The van der Waals surface area contributed by atoms with Crippen LogP contribution in [0.3, 0.4) is 0 Å². The first-order valence-electron chi connectivity index (χ1n) is 9.65. The SMILES string of the molecule is Cc1[nH]c2c(C(=O)NOC(=O)C(F)(F)F)cc(F)c(N3CCC4CCNC4C3)c2c1Cl. The molecule has 2 atom stereocenters. The summed E-state index contributed by atoms with van der Waals surface area (Å²) in [6, 6.07) is 1.11. The molecule has 0 radical (unpaired) electrons. The van der Waals surface area contributed by atoms with Crippen LogP contribution in [0.15, 0.2) is 6.07 Å². The Morgan fingerprint density at radius 3 is 2.77 bits per heavy atom. The van der Waals surface area contributed by atoms with Crippen LogP contribution in [0, 0.1) is 18.7 Å². The lowest BCUT2D eigenvalue weighted by Gasteiger charge is -2.37. The molecule has 31 heavy (non-hydrogen) atoms. The molecule has 0 spiro atoms. The molecule has 1 amide bonds. The molecule has 2 aliphatic rings. The van der Waals surface area contributed by atoms with Gasteiger partial charge in [-0.15, -0.1) is 0 Å². The van der Waals surface area contributed by atoms with Crippen LogP contribution >= 0.6 is 11.6 Å². The molecule has 2 aliphatic heterocycles. The zero-order valence-corrected chi connectivity index (χ0v) is 17.1. The molecular formula is C19H19ClF4N4O3. The number of carbonyl (C=O) groups excluding carboxylic acids is 2. The minimum absolute atomic E-state index is 0.140. The summed E-state index contributed by atoms with van der Waals surface area (Å²) >= 11 is 6.41. The third-order valence-electron chi connectivity index (χ3n) is 5.82. The monoisotopic (exact) mass is 462 g/mol. The normalized spacial score (nSPS) is 21.3. The second-order valence-electron chi connectivity index (χ2n) is 7.73. The highest BCUT2D eigenvalue weighted by Gasteiger charge is 2.42. The highest BCUT2D eigenvalue weighted by atomic mass is 35.5. The van der Waals surface area contributed by atoms with Crippen molar-refractivity contribution in [2.24, 2.45) is 5.92 Å². The number of amides is 1. The molecule has 0 bridgehead atoms. The first kappa shape index (κ1) is 21.7. The van der Waals surface area contributed by atoms with E-state index in [1.54, 1.807) is 6.92 Å². The summed E-state index contributed by atoms with van der Waals surface area (Å²) in [5.74, 6) is -4.05. The molecule has 3 N–H and O–H groups in total. The maximum atomic E-state index is 15.2. The largest absolute Gasteiger partial charge is 0.493 e. The van der Waals surface area contributed by atoms with Gasteiger partial charge in [0.1, 0.15) is 5.82 Å². The van der Waals surface area contributed by atoms with Crippen molar-refractivity contribution in [2.75, 3.05) is 24.5 Å². The Morgan fingerprint density at radius 1 is 1.32 bits per heavy atom. The molecule has 12 heteroatoms. The number of benzene rings is 1. The van der Waals surface area contributed by atoms with Crippen molar-refractivity contribution in [2.45, 2.75) is 32.0 Å². The van der Waals surface area contributed by atoms with Gasteiger partial charge < -0.3 is 20.0 Å². The summed E-state index contributed by atoms with van der Waals surface area (Å²) in [4.78, 5) is 31.8. The van der Waals surface area contributed by atoms with E-state index in [1.807, 2.05) is 4.90 Å². The average Bonchev–Trinajstić information content (AvgIpc) is 3.29. The summed E-state index contributed by atoms with van der Waals surface area (Å²) in [5.41, 5.74) is 1.90. The van der Waals surface area contributed by atoms with Crippen LogP contribution in [0.25, 0.3) is 10.9 Å². The van der Waals surface area contributed by atoms with Crippen molar-refractivity contribution in [3.05, 3.63) is 28.2 Å². The van der Waals surface area contributed by atoms with Crippen LogP contribution in [0.4, 0.5) is 23.2 Å². The highest BCUT2D eigenvalue weighted by molar-refractivity contribution is 6.38. The zero-order valence-electron chi connectivity index (χ0n) is 16.3. The van der Waals surface area contributed by atoms with E-state index in [-0.39, 0.29) is 33.2 Å². The van der Waals surface area contributed by atoms with Gasteiger partial charge in [-0.25, -0.2) is 9.18 Å². The number of hydrogen-bond donors (Lipinski definition) is 3. The minimum Gasteiger partial charge on any atom is -0.367 e. The number of rotatable bonds is 2. The van der Waals surface area contributed by atoms with Gasteiger partial charge in [0, 0.05) is 30.2 Å². The van der Waals surface area contributed by atoms with Crippen molar-refractivity contribution < 1.29 is 32.0 Å². The number of nitrogens with one attached hydrogen (secondary N) is 3. The van der Waals surface area contributed by atoms with Gasteiger partial charge in [0.15, 0.2) is 0 Å². The number of piperidine rings is 1. The van der Waals surface area contributed by atoms with Gasteiger partial charge in [-0.3, -0.25) is 4.79 Å². The number of hydrogen-bond acceptors (Lipinski definition) is 5. The van der Waals surface area contributed by atoms with E-state index in [9.17, 15) is 22.8 Å². The molecule has 7 nitrogen and oxygen atoms in total. The van der Waals surface area contributed by atoms with Crippen LogP contribution in [0.2, 0.25) is 5.02 Å². The van der Waals surface area contributed by atoms with E-state index in [4.69, 9.17) is 11.6 Å². The van der Waals surface area contributed by atoms with E-state index in [0.29, 0.717) is 24.7 Å². The number of H-pyrrole nitrogens is 1. The first-order valence-corrected chi connectivity index (χ1v) is 10.0. The quantitative estimate of drug-likeness (QED) is 0.471. The molecule has 1 aromatic carbocycles. The maximum Gasteiger partial charge on any atom is 0.493 e. The van der Waals surface area contributed by atoms with Gasteiger partial charge >= 0.3 is 12.1 Å². The molecule has 4 rings (SSSR count). The predicted molar refractivity (Wildman–Crippen MR) is 104 cm³/mol. The number of aromatic nitrogens is 1. The minimum atomic E-state index is -5.29. The molecular weight excluding hydrogens is 444 g/mol. The van der Waals surface area contributed by atoms with E-state index < -0.39 is 23.9 Å². The highest BCUT2D eigenvalue weighted by Crippen LogP contribution is 2.41. The second-order valence-corrected chi connectivity index (χ2v) is 8.11. The van der Waals surface area contributed by atoms with Gasteiger partial charge in [0.25, 0.3) is 5.91 Å². The number of hydroxylamine groups is 1. The molecule has 2 aromatic rings. The van der Waals surface area contributed by atoms with Crippen LogP contribution in [0.5, 0.6) is 0 Å². The van der Waals surface area contributed by atoms with E-state index >= 15 is 4.39 Å². The van der Waals surface area contributed by atoms with Crippen molar-refractivity contribution in [3.63, 3.8) is 0 Å². The fraction of sp³-hybridized carbons (Fsp3) is 0.474. The molecule has 3 heterocycles. The van der Waals surface area contributed by atoms with E-state index in [1.165, 1.54) is 5.48 Å². The van der Waals surface area contributed by atoms with Crippen LogP contribution < -0.4 is 15.7 Å². The number of halogens is 5. The molecule has 0 saturated carbocycles. The van der Waals surface area contributed by atoms with Gasteiger partial charge in [-0.05, 0) is 38.3 Å². The molecule has 2 unspecified atom stereocenters.